The summed E-state index contributed by atoms with van der Waals surface area (Å²) in [6.07, 6.45) is 2.28. The Hall–Kier alpha value is -2.20. The maximum Gasteiger partial charge on any atom is 0.234 e. The van der Waals surface area contributed by atoms with E-state index in [2.05, 4.69) is 16.8 Å². The van der Waals surface area contributed by atoms with Gasteiger partial charge in [-0.25, -0.2) is 0 Å². The first-order valence-corrected chi connectivity index (χ1v) is 7.42. The van der Waals surface area contributed by atoms with Gasteiger partial charge in [-0.2, -0.15) is 0 Å². The number of nitrogens with zero attached hydrogens (tertiary/aromatic N) is 2. The number of primary amides is 1. The van der Waals surface area contributed by atoms with Crippen LogP contribution in [0, 0.1) is 0 Å². The summed E-state index contributed by atoms with van der Waals surface area (Å²) in [5.41, 5.74) is 6.54. The zero-order valence-electron chi connectivity index (χ0n) is 13.4. The highest BCUT2D eigenvalue weighted by molar-refractivity contribution is 5.90. The van der Waals surface area contributed by atoms with Crippen LogP contribution in [0.2, 0.25) is 0 Å². The molecule has 1 heterocycles. The van der Waals surface area contributed by atoms with Gasteiger partial charge in [-0.15, -0.1) is 0 Å². The molecule has 22 heavy (non-hydrogen) atoms. The van der Waals surface area contributed by atoms with Crippen LogP contribution in [-0.2, 0) is 10.2 Å². The van der Waals surface area contributed by atoms with Gasteiger partial charge in [0, 0.05) is 12.2 Å². The van der Waals surface area contributed by atoms with Crippen LogP contribution in [0.1, 0.15) is 24.6 Å². The minimum absolute atomic E-state index is 0.176. The molecule has 2 N–H and O–H groups in total. The normalized spacial score (nSPS) is 15.3. The summed E-state index contributed by atoms with van der Waals surface area (Å²) in [7, 11) is 4.00. The lowest BCUT2D eigenvalue weighted by molar-refractivity contribution is -0.122. The van der Waals surface area contributed by atoms with E-state index in [0.29, 0.717) is 12.1 Å². The summed E-state index contributed by atoms with van der Waals surface area (Å²) >= 11 is 0. The monoisotopic (exact) mass is 299 g/mol. The molecule has 4 nitrogen and oxygen atoms in total. The van der Waals surface area contributed by atoms with E-state index in [4.69, 9.17) is 5.73 Å². The Morgan fingerprint density at radius 3 is 2.32 bits per heavy atom. The van der Waals surface area contributed by atoms with Gasteiger partial charge in [-0.1, -0.05) is 36.4 Å². The van der Waals surface area contributed by atoms with Crippen LogP contribution >= 0.6 is 0 Å². The average Bonchev–Trinajstić information content (AvgIpc) is 2.53. The van der Waals surface area contributed by atoms with Gasteiger partial charge >= 0.3 is 0 Å². The number of amides is 1. The Bertz CT molecular complexity index is 571. The van der Waals surface area contributed by atoms with E-state index >= 15 is 0 Å². The number of aromatic nitrogens is 1. The number of carbonyl (C=O) groups is 1. The van der Waals surface area contributed by atoms with Gasteiger partial charge < -0.3 is 10.6 Å². The first-order chi connectivity index (χ1) is 10.5. The lowest BCUT2D eigenvalue weighted by Crippen LogP contribution is -2.47. The van der Waals surface area contributed by atoms with Crippen molar-refractivity contribution in [2.75, 3.05) is 14.1 Å². The van der Waals surface area contributed by atoms with Gasteiger partial charge in [0.2, 0.25) is 5.91 Å². The summed E-state index contributed by atoms with van der Waals surface area (Å²) in [6, 6.07) is 15.5. The van der Waals surface area contributed by atoms with Crippen LogP contribution < -0.4 is 5.73 Å². The molecular weight excluding hydrogens is 276 g/mol. The van der Waals surface area contributed by atoms with E-state index in [1.54, 1.807) is 6.20 Å². The average molecular weight is 299 g/mol. The summed E-state index contributed by atoms with van der Waals surface area (Å²) < 4.78 is 0. The molecule has 0 aliphatic carbocycles. The molecule has 0 fully saturated rings. The van der Waals surface area contributed by atoms with Crippen molar-refractivity contribution in [1.82, 2.24) is 9.88 Å². The molecule has 2 aromatic rings. The molecule has 4 heteroatoms. The number of benzene rings is 1. The Labute approximate surface area is 132 Å². The van der Waals surface area contributed by atoms with Crippen LogP contribution in [0.3, 0.4) is 0 Å². The maximum atomic E-state index is 12.5. The van der Waals surface area contributed by atoms with Crippen LogP contribution in [0.4, 0.5) is 0 Å². The molecule has 0 aliphatic heterocycles. The van der Waals surface area contributed by atoms with Crippen LogP contribution in [0.15, 0.2) is 54.7 Å². The van der Waals surface area contributed by atoms with E-state index in [1.807, 2.05) is 62.6 Å². The lowest BCUT2D eigenvalue weighted by atomic mass is 9.81. The van der Waals surface area contributed by atoms with Gasteiger partial charge in [-0.05, 0) is 45.1 Å². The van der Waals surface area contributed by atoms with Gasteiger partial charge in [0.05, 0.1) is 5.69 Å². The fourth-order valence-corrected chi connectivity index (χ4v) is 2.70. The van der Waals surface area contributed by atoms with Crippen molar-refractivity contribution in [3.05, 3.63) is 66.0 Å². The molecule has 1 amide bonds. The second-order valence-corrected chi connectivity index (χ2v) is 5.87. The zero-order chi connectivity index (χ0) is 16.2. The van der Waals surface area contributed by atoms with Gasteiger partial charge in [0.1, 0.15) is 5.41 Å². The summed E-state index contributed by atoms with van der Waals surface area (Å²) in [4.78, 5) is 19.1. The topological polar surface area (TPSA) is 59.2 Å². The predicted molar refractivity (Wildman–Crippen MR) is 88.4 cm³/mol. The van der Waals surface area contributed by atoms with Crippen molar-refractivity contribution in [3.8, 4) is 0 Å². The third-order valence-electron chi connectivity index (χ3n) is 4.27. The van der Waals surface area contributed by atoms with E-state index in [9.17, 15) is 4.79 Å². The maximum absolute atomic E-state index is 12.5. The van der Waals surface area contributed by atoms with E-state index in [0.717, 1.165) is 5.56 Å². The third kappa shape index (κ3) is 3.02. The molecule has 0 radical (unpaired) electrons. The van der Waals surface area contributed by atoms with Gasteiger partial charge in [0.15, 0.2) is 0 Å². The molecule has 1 aromatic carbocycles. The van der Waals surface area contributed by atoms with E-state index in [-0.39, 0.29) is 11.9 Å². The highest BCUT2D eigenvalue weighted by Crippen LogP contribution is 2.36. The molecule has 0 aliphatic rings. The van der Waals surface area contributed by atoms with Crippen molar-refractivity contribution >= 4 is 5.91 Å². The SMILES string of the molecule is CC(CC(c1ccccc1)(c1ccccn1)[14C](N)=O)N(C)C. The Balaban J connectivity index is 2.63. The molecule has 2 atom stereocenters. The first-order valence-electron chi connectivity index (χ1n) is 7.42. The van der Waals surface area contributed by atoms with Crippen molar-refractivity contribution in [1.29, 1.82) is 0 Å². The van der Waals surface area contributed by atoms with Gasteiger partial charge in [-0.3, -0.25) is 9.78 Å². The minimum Gasteiger partial charge on any atom is -0.369 e. The van der Waals surface area contributed by atoms with E-state index in [1.165, 1.54) is 0 Å². The largest absolute Gasteiger partial charge is 0.369 e. The number of carbonyl (C=O) groups excluding carboxylic acids is 1. The van der Waals surface area contributed by atoms with E-state index < -0.39 is 5.41 Å². The van der Waals surface area contributed by atoms with Crippen LogP contribution in [0.25, 0.3) is 0 Å². The second kappa shape index (κ2) is 6.71. The smallest absolute Gasteiger partial charge is 0.234 e. The van der Waals surface area contributed by atoms with Crippen LogP contribution in [0.5, 0.6) is 0 Å². The fraction of sp³-hybridized carbons (Fsp3) is 0.333. The second-order valence-electron chi connectivity index (χ2n) is 5.87. The highest BCUT2D eigenvalue weighted by atomic mass is 16.3. The number of rotatable bonds is 6. The van der Waals surface area contributed by atoms with Crippen molar-refractivity contribution in [2.45, 2.75) is 24.8 Å². The molecular formula is C18H23N3O. The standard InChI is InChI=1S/C18H23N3O/c1-14(21(2)3)13-18(17(19)22,15-9-5-4-6-10-15)16-11-7-8-12-20-16/h4-12,14H,13H2,1-3H3,(H2,19,22)/i17+2. The Morgan fingerprint density at radius 2 is 1.82 bits per heavy atom. The molecule has 116 valence electrons. The molecule has 1 aromatic heterocycles. The zero-order valence-corrected chi connectivity index (χ0v) is 13.4. The lowest BCUT2D eigenvalue weighted by Gasteiger charge is -2.35. The number of pyridine rings is 1. The van der Waals surface area contributed by atoms with Crippen LogP contribution in [-0.4, -0.2) is 35.9 Å². The number of hydrogen-bond acceptors (Lipinski definition) is 3. The fourth-order valence-electron chi connectivity index (χ4n) is 2.70. The molecule has 0 saturated heterocycles. The molecule has 0 bridgehead atoms. The molecule has 0 spiro atoms. The molecule has 0 saturated carbocycles. The van der Waals surface area contributed by atoms with Crippen molar-refractivity contribution in [2.24, 2.45) is 5.73 Å². The quantitative estimate of drug-likeness (QED) is 0.889. The first kappa shape index (κ1) is 16.2. The summed E-state index contributed by atoms with van der Waals surface area (Å²) in [5, 5.41) is 0. The predicted octanol–water partition coefficient (Wildman–Crippen LogP) is 2.19. The van der Waals surface area contributed by atoms with Gasteiger partial charge in [0.25, 0.3) is 0 Å². The summed E-state index contributed by atoms with van der Waals surface area (Å²) in [6.45, 7) is 2.09. The van der Waals surface area contributed by atoms with Crippen molar-refractivity contribution < 1.29 is 4.79 Å². The Morgan fingerprint density at radius 1 is 1.18 bits per heavy atom. The highest BCUT2D eigenvalue weighted by Gasteiger charge is 2.43. The van der Waals surface area contributed by atoms with Crippen molar-refractivity contribution in [3.63, 3.8) is 0 Å². The number of hydrogen-bond donors (Lipinski definition) is 1. The number of nitrogens with two attached hydrogens (primary N) is 1. The molecule has 2 rings (SSSR count). The summed E-state index contributed by atoms with van der Waals surface area (Å²) in [5.74, 6) is -0.369. The molecule has 2 unspecified atom stereocenters. The Kier molecular flexibility index (Phi) is 4.93. The minimum atomic E-state index is -0.924. The third-order valence-corrected chi connectivity index (χ3v) is 4.27.